The maximum absolute atomic E-state index is 12.5. The topological polar surface area (TPSA) is 124 Å². The van der Waals surface area contributed by atoms with Gasteiger partial charge in [-0.2, -0.15) is 0 Å². The quantitative estimate of drug-likeness (QED) is 0.667. The third-order valence-electron chi connectivity index (χ3n) is 3.97. The molecule has 3 rings (SSSR count). The zero-order chi connectivity index (χ0) is 17.8. The Labute approximate surface area is 148 Å². The van der Waals surface area contributed by atoms with Crippen molar-refractivity contribution >= 4 is 23.4 Å². The summed E-state index contributed by atoms with van der Waals surface area (Å²) >= 11 is 5.92. The standard InChI is InChI=1S/C15H17ClN6O3/c16-10-3-1-2-9(4-10)7-17-15(25)12-5-11(23)8-22(12)14(24)6-13-18-20-21-19-13/h1-4,11-12,23H,5-8H2,(H,17,25)(H,18,19,20,21)/t11-,12+/m1/s1. The summed E-state index contributed by atoms with van der Waals surface area (Å²) in [6.45, 7) is 0.399. The van der Waals surface area contributed by atoms with Crippen molar-refractivity contribution in [2.75, 3.05) is 6.54 Å². The molecule has 0 aliphatic carbocycles. The molecule has 132 valence electrons. The number of hydrogen-bond acceptors (Lipinski definition) is 6. The van der Waals surface area contributed by atoms with E-state index < -0.39 is 12.1 Å². The molecular weight excluding hydrogens is 348 g/mol. The smallest absolute Gasteiger partial charge is 0.243 e. The molecule has 10 heteroatoms. The Kier molecular flexibility index (Phi) is 5.25. The molecule has 3 N–H and O–H groups in total. The molecule has 25 heavy (non-hydrogen) atoms. The lowest BCUT2D eigenvalue weighted by atomic mass is 10.1. The van der Waals surface area contributed by atoms with Crippen LogP contribution in [-0.4, -0.2) is 61.1 Å². The summed E-state index contributed by atoms with van der Waals surface area (Å²) in [6.07, 6.45) is -0.599. The Morgan fingerprint density at radius 2 is 2.28 bits per heavy atom. The number of halogens is 1. The zero-order valence-corrected chi connectivity index (χ0v) is 14.0. The molecule has 0 bridgehead atoms. The normalized spacial score (nSPS) is 19.8. The van der Waals surface area contributed by atoms with E-state index in [-0.39, 0.29) is 31.2 Å². The first-order chi connectivity index (χ1) is 12.0. The molecule has 1 aromatic carbocycles. The molecule has 2 aromatic rings. The molecule has 2 heterocycles. The maximum atomic E-state index is 12.5. The van der Waals surface area contributed by atoms with E-state index in [1.54, 1.807) is 18.2 Å². The minimum atomic E-state index is -0.737. The predicted molar refractivity (Wildman–Crippen MR) is 87.3 cm³/mol. The first-order valence-electron chi connectivity index (χ1n) is 7.75. The lowest BCUT2D eigenvalue weighted by Crippen LogP contribution is -2.46. The number of rotatable bonds is 5. The Hall–Kier alpha value is -2.52. The van der Waals surface area contributed by atoms with Gasteiger partial charge in [-0.05, 0) is 28.1 Å². The van der Waals surface area contributed by atoms with E-state index in [4.69, 9.17) is 11.6 Å². The molecule has 2 amide bonds. The summed E-state index contributed by atoms with van der Waals surface area (Å²) in [5.41, 5.74) is 0.852. The van der Waals surface area contributed by atoms with E-state index in [1.165, 1.54) is 4.90 Å². The molecule has 1 aliphatic rings. The molecule has 1 aliphatic heterocycles. The van der Waals surface area contributed by atoms with Crippen molar-refractivity contribution in [2.24, 2.45) is 0 Å². The number of nitrogens with zero attached hydrogens (tertiary/aromatic N) is 4. The van der Waals surface area contributed by atoms with E-state index in [1.807, 2.05) is 6.07 Å². The highest BCUT2D eigenvalue weighted by atomic mass is 35.5. The first-order valence-corrected chi connectivity index (χ1v) is 8.13. The number of β-amino-alcohol motifs (C(OH)–C–C–N with tert-alkyl or cyclic N) is 1. The highest BCUT2D eigenvalue weighted by molar-refractivity contribution is 6.30. The molecule has 0 spiro atoms. The lowest BCUT2D eigenvalue weighted by Gasteiger charge is -2.23. The number of H-pyrrole nitrogens is 1. The van der Waals surface area contributed by atoms with Crippen LogP contribution in [0.15, 0.2) is 24.3 Å². The number of hydrogen-bond donors (Lipinski definition) is 3. The molecule has 1 fully saturated rings. The second-order valence-corrected chi connectivity index (χ2v) is 6.26. The summed E-state index contributed by atoms with van der Waals surface area (Å²) in [5.74, 6) is -0.331. The predicted octanol–water partition coefficient (Wildman–Crippen LogP) is -0.326. The van der Waals surface area contributed by atoms with Crippen molar-refractivity contribution in [3.8, 4) is 0 Å². The van der Waals surface area contributed by atoms with Crippen molar-refractivity contribution in [3.05, 3.63) is 40.7 Å². The second kappa shape index (κ2) is 7.58. The summed E-state index contributed by atoms with van der Waals surface area (Å²) in [5, 5.41) is 26.2. The number of carbonyl (C=O) groups is 2. The summed E-state index contributed by atoms with van der Waals surface area (Å²) < 4.78 is 0. The van der Waals surface area contributed by atoms with Gasteiger partial charge in [0.1, 0.15) is 6.04 Å². The zero-order valence-electron chi connectivity index (χ0n) is 13.2. The van der Waals surface area contributed by atoms with Crippen LogP contribution in [0.4, 0.5) is 0 Å². The fraction of sp³-hybridized carbons (Fsp3) is 0.400. The average molecular weight is 365 g/mol. The molecule has 0 radical (unpaired) electrons. The van der Waals surface area contributed by atoms with E-state index in [0.29, 0.717) is 17.4 Å². The lowest BCUT2D eigenvalue weighted by molar-refractivity contribution is -0.138. The monoisotopic (exact) mass is 364 g/mol. The number of likely N-dealkylation sites (tertiary alicyclic amines) is 1. The molecule has 9 nitrogen and oxygen atoms in total. The van der Waals surface area contributed by atoms with E-state index in [9.17, 15) is 14.7 Å². The summed E-state index contributed by atoms with van der Waals surface area (Å²) in [6, 6.07) is 6.42. The van der Waals surface area contributed by atoms with Crippen LogP contribution in [0.2, 0.25) is 5.02 Å². The van der Waals surface area contributed by atoms with Crippen molar-refractivity contribution in [3.63, 3.8) is 0 Å². The number of nitrogens with one attached hydrogen (secondary N) is 2. The van der Waals surface area contributed by atoms with E-state index >= 15 is 0 Å². The molecule has 0 saturated carbocycles. The Morgan fingerprint density at radius 1 is 1.44 bits per heavy atom. The van der Waals surface area contributed by atoms with Crippen molar-refractivity contribution in [1.29, 1.82) is 0 Å². The minimum absolute atomic E-state index is 0.0577. The van der Waals surface area contributed by atoms with Gasteiger partial charge in [-0.25, -0.2) is 5.10 Å². The highest BCUT2D eigenvalue weighted by Gasteiger charge is 2.38. The largest absolute Gasteiger partial charge is 0.391 e. The summed E-state index contributed by atoms with van der Waals surface area (Å²) in [4.78, 5) is 26.2. The fourth-order valence-corrected chi connectivity index (χ4v) is 3.00. The number of tetrazole rings is 1. The van der Waals surface area contributed by atoms with Crippen LogP contribution in [0.3, 0.4) is 0 Å². The van der Waals surface area contributed by atoms with E-state index in [0.717, 1.165) is 5.56 Å². The minimum Gasteiger partial charge on any atom is -0.391 e. The van der Waals surface area contributed by atoms with Crippen LogP contribution in [0.25, 0.3) is 0 Å². The van der Waals surface area contributed by atoms with Crippen LogP contribution in [-0.2, 0) is 22.6 Å². The number of aliphatic hydroxyl groups is 1. The van der Waals surface area contributed by atoms with Gasteiger partial charge in [0.2, 0.25) is 11.8 Å². The maximum Gasteiger partial charge on any atom is 0.243 e. The Bertz CT molecular complexity index is 753. The van der Waals surface area contributed by atoms with Gasteiger partial charge in [-0.15, -0.1) is 5.10 Å². The van der Waals surface area contributed by atoms with Gasteiger partial charge < -0.3 is 15.3 Å². The first kappa shape index (κ1) is 17.3. The summed E-state index contributed by atoms with van der Waals surface area (Å²) in [7, 11) is 0. The Morgan fingerprint density at radius 3 is 3.00 bits per heavy atom. The van der Waals surface area contributed by atoms with Crippen molar-refractivity contribution < 1.29 is 14.7 Å². The number of aromatic nitrogens is 4. The second-order valence-electron chi connectivity index (χ2n) is 5.82. The molecule has 2 atom stereocenters. The van der Waals surface area contributed by atoms with Crippen LogP contribution in [0.5, 0.6) is 0 Å². The molecular formula is C15H17ClN6O3. The van der Waals surface area contributed by atoms with E-state index in [2.05, 4.69) is 25.9 Å². The van der Waals surface area contributed by atoms with Gasteiger partial charge >= 0.3 is 0 Å². The van der Waals surface area contributed by atoms with Gasteiger partial charge in [0.05, 0.1) is 12.5 Å². The number of aromatic amines is 1. The third-order valence-corrected chi connectivity index (χ3v) is 4.20. The number of carbonyl (C=O) groups excluding carboxylic acids is 2. The van der Waals surface area contributed by atoms with Gasteiger partial charge in [0.25, 0.3) is 0 Å². The van der Waals surface area contributed by atoms with Crippen LogP contribution >= 0.6 is 11.6 Å². The van der Waals surface area contributed by atoms with Crippen molar-refractivity contribution in [2.45, 2.75) is 31.5 Å². The van der Waals surface area contributed by atoms with Gasteiger partial charge in [-0.3, -0.25) is 9.59 Å². The van der Waals surface area contributed by atoms with Crippen molar-refractivity contribution in [1.82, 2.24) is 30.8 Å². The molecule has 1 aromatic heterocycles. The van der Waals surface area contributed by atoms with Crippen LogP contribution in [0.1, 0.15) is 17.8 Å². The van der Waals surface area contributed by atoms with Gasteiger partial charge in [-0.1, -0.05) is 23.7 Å². The Balaban J connectivity index is 1.62. The van der Waals surface area contributed by atoms with Gasteiger partial charge in [0, 0.05) is 24.5 Å². The highest BCUT2D eigenvalue weighted by Crippen LogP contribution is 2.19. The SMILES string of the molecule is O=C(NCc1cccc(Cl)c1)[C@@H]1C[C@@H](O)CN1C(=O)Cc1nnn[nH]1. The number of amides is 2. The van der Waals surface area contributed by atoms with Crippen LogP contribution < -0.4 is 5.32 Å². The third kappa shape index (κ3) is 4.31. The average Bonchev–Trinajstić information content (AvgIpc) is 3.22. The number of aliphatic hydroxyl groups excluding tert-OH is 1. The number of benzene rings is 1. The van der Waals surface area contributed by atoms with Gasteiger partial charge in [0.15, 0.2) is 5.82 Å². The fourth-order valence-electron chi connectivity index (χ4n) is 2.79. The molecule has 0 unspecified atom stereocenters. The molecule has 1 saturated heterocycles. The van der Waals surface area contributed by atoms with Crippen LogP contribution in [0, 0.1) is 0 Å².